The third-order valence-electron chi connectivity index (χ3n) is 7.67. The molecule has 2 saturated carbocycles. The van der Waals surface area contributed by atoms with E-state index in [4.69, 9.17) is 10.8 Å². The van der Waals surface area contributed by atoms with Gasteiger partial charge in [0.1, 0.15) is 6.04 Å². The Kier molecular flexibility index (Phi) is 6.83. The first kappa shape index (κ1) is 21.7. The summed E-state index contributed by atoms with van der Waals surface area (Å²) in [7, 11) is 0. The van der Waals surface area contributed by atoms with Crippen LogP contribution in [0.15, 0.2) is 0 Å². The van der Waals surface area contributed by atoms with Gasteiger partial charge >= 0.3 is 5.97 Å². The Labute approximate surface area is 169 Å². The van der Waals surface area contributed by atoms with E-state index in [9.17, 15) is 9.59 Å². The van der Waals surface area contributed by atoms with Crippen LogP contribution in [-0.2, 0) is 9.59 Å². The normalized spacial score (nSPS) is 36.1. The van der Waals surface area contributed by atoms with Gasteiger partial charge in [0.05, 0.1) is 5.54 Å². The Morgan fingerprint density at radius 2 is 2.04 bits per heavy atom. The first-order chi connectivity index (χ1) is 13.2. The maximum atomic E-state index is 13.6. The molecule has 0 aromatic carbocycles. The van der Waals surface area contributed by atoms with E-state index in [1.807, 2.05) is 0 Å². The van der Waals surface area contributed by atoms with Gasteiger partial charge in [0.25, 0.3) is 0 Å². The minimum atomic E-state index is -0.934. The predicted molar refractivity (Wildman–Crippen MR) is 110 cm³/mol. The van der Waals surface area contributed by atoms with E-state index in [1.165, 1.54) is 6.42 Å². The van der Waals surface area contributed by atoms with Crippen molar-refractivity contribution in [1.29, 1.82) is 0 Å². The second-order valence-corrected chi connectivity index (χ2v) is 10.0. The zero-order valence-electron chi connectivity index (χ0n) is 17.6. The van der Waals surface area contributed by atoms with E-state index >= 15 is 0 Å². The molecule has 2 aliphatic carbocycles. The number of carboxylic acid groups (broad SMARTS) is 1. The van der Waals surface area contributed by atoms with Gasteiger partial charge in [-0.2, -0.15) is 0 Å². The molecule has 3 fully saturated rings. The summed E-state index contributed by atoms with van der Waals surface area (Å²) >= 11 is 0. The summed E-state index contributed by atoms with van der Waals surface area (Å²) in [5.74, 6) is 0.292. The molecule has 1 saturated heterocycles. The van der Waals surface area contributed by atoms with Gasteiger partial charge in [-0.1, -0.05) is 12.8 Å². The molecule has 6 heteroatoms. The van der Waals surface area contributed by atoms with Crippen LogP contribution in [0.25, 0.3) is 0 Å². The molecule has 5 N–H and O–H groups in total. The number of carbonyl (C=O) groups excluding carboxylic acids is 1. The van der Waals surface area contributed by atoms with Crippen molar-refractivity contribution in [3.8, 4) is 0 Å². The smallest absolute Gasteiger partial charge is 0.320 e. The van der Waals surface area contributed by atoms with Gasteiger partial charge in [-0.05, 0) is 84.1 Å². The van der Waals surface area contributed by atoms with E-state index in [-0.39, 0.29) is 17.0 Å². The number of unbranched alkanes of at least 4 members (excludes halogenated alkanes) is 1. The zero-order valence-corrected chi connectivity index (χ0v) is 17.6. The zero-order chi connectivity index (χ0) is 20.4. The quantitative estimate of drug-likeness (QED) is 0.496. The lowest BCUT2D eigenvalue weighted by Crippen LogP contribution is -2.56. The van der Waals surface area contributed by atoms with E-state index in [1.54, 1.807) is 0 Å². The molecule has 6 nitrogen and oxygen atoms in total. The highest BCUT2D eigenvalue weighted by Crippen LogP contribution is 2.42. The Morgan fingerprint density at radius 1 is 1.25 bits per heavy atom. The molecule has 0 spiro atoms. The second-order valence-electron chi connectivity index (χ2n) is 10.0. The highest BCUT2D eigenvalue weighted by Gasteiger charge is 2.48. The molecule has 0 aromatic rings. The van der Waals surface area contributed by atoms with Crippen molar-refractivity contribution >= 4 is 11.8 Å². The molecule has 1 aliphatic heterocycles. The van der Waals surface area contributed by atoms with Gasteiger partial charge in [-0.15, -0.1) is 0 Å². The summed E-state index contributed by atoms with van der Waals surface area (Å²) in [5.41, 5.74) is 5.35. The summed E-state index contributed by atoms with van der Waals surface area (Å²) in [6, 6.07) is -0.310. The highest BCUT2D eigenvalue weighted by molar-refractivity contribution is 5.91. The fourth-order valence-electron chi connectivity index (χ4n) is 5.90. The number of ketones is 1. The second kappa shape index (κ2) is 8.80. The van der Waals surface area contributed by atoms with Crippen molar-refractivity contribution in [2.24, 2.45) is 17.6 Å². The summed E-state index contributed by atoms with van der Waals surface area (Å²) in [5, 5.41) is 16.5. The van der Waals surface area contributed by atoms with Gasteiger partial charge < -0.3 is 21.5 Å². The Hall–Kier alpha value is -0.980. The fraction of sp³-hybridized carbons (Fsp3) is 0.909. The van der Waals surface area contributed by atoms with Crippen molar-refractivity contribution in [3.63, 3.8) is 0 Å². The van der Waals surface area contributed by atoms with Crippen LogP contribution in [0.1, 0.15) is 84.5 Å². The van der Waals surface area contributed by atoms with Crippen LogP contribution in [0, 0.1) is 11.8 Å². The number of fused-ring (bicyclic) bond motifs is 5. The highest BCUT2D eigenvalue weighted by atomic mass is 16.4. The van der Waals surface area contributed by atoms with Crippen molar-refractivity contribution in [3.05, 3.63) is 0 Å². The van der Waals surface area contributed by atoms with Crippen molar-refractivity contribution in [1.82, 2.24) is 10.6 Å². The minimum Gasteiger partial charge on any atom is -0.480 e. The topological polar surface area (TPSA) is 104 Å². The first-order valence-electron chi connectivity index (χ1n) is 11.3. The maximum Gasteiger partial charge on any atom is 0.320 e. The van der Waals surface area contributed by atoms with Crippen molar-refractivity contribution < 1.29 is 14.7 Å². The Morgan fingerprint density at radius 3 is 2.79 bits per heavy atom. The van der Waals surface area contributed by atoms with Crippen LogP contribution in [-0.4, -0.2) is 46.6 Å². The lowest BCUT2D eigenvalue weighted by atomic mass is 9.76. The number of hydrogen-bond acceptors (Lipinski definition) is 5. The van der Waals surface area contributed by atoms with E-state index in [0.717, 1.165) is 64.3 Å². The lowest BCUT2D eigenvalue weighted by molar-refractivity contribution is -0.138. The van der Waals surface area contributed by atoms with E-state index < -0.39 is 12.0 Å². The van der Waals surface area contributed by atoms with Gasteiger partial charge in [-0.3, -0.25) is 9.59 Å². The molecular formula is C22H39N3O3. The number of rotatable bonds is 7. The molecule has 3 aliphatic rings. The summed E-state index contributed by atoms with van der Waals surface area (Å²) in [6.07, 6.45) is 10.4. The van der Waals surface area contributed by atoms with Gasteiger partial charge in [0.2, 0.25) is 0 Å². The number of hydrogen-bond donors (Lipinski definition) is 4. The molecule has 1 heterocycles. The molecule has 3 rings (SSSR count). The third kappa shape index (κ3) is 4.77. The Balaban J connectivity index is 1.67. The number of nitrogens with one attached hydrogen (secondary N) is 2. The molecule has 4 bridgehead atoms. The van der Waals surface area contributed by atoms with Crippen LogP contribution in [0.3, 0.4) is 0 Å². The number of aliphatic carboxylic acids is 1. The number of nitrogens with two attached hydrogens (primary N) is 1. The summed E-state index contributed by atoms with van der Waals surface area (Å²) in [4.78, 5) is 24.4. The van der Waals surface area contributed by atoms with Crippen molar-refractivity contribution in [2.75, 3.05) is 6.54 Å². The van der Waals surface area contributed by atoms with Crippen LogP contribution in [0.4, 0.5) is 0 Å². The summed E-state index contributed by atoms with van der Waals surface area (Å²) < 4.78 is 0. The SMILES string of the molecule is CC1(C)N[C@H]2CC[C@H](C2)C(=O)C2(NCCCC[C@H](N)C(=O)O)CCCC1CC2. The number of carboxylic acids is 1. The summed E-state index contributed by atoms with van der Waals surface area (Å²) in [6.45, 7) is 5.46. The maximum absolute atomic E-state index is 13.6. The molecule has 0 aromatic heterocycles. The fourth-order valence-corrected chi connectivity index (χ4v) is 5.90. The first-order valence-corrected chi connectivity index (χ1v) is 11.3. The number of carbonyl (C=O) groups is 2. The molecule has 2 unspecified atom stereocenters. The Bertz CT molecular complexity index is 579. The van der Waals surface area contributed by atoms with Gasteiger partial charge in [0, 0.05) is 17.5 Å². The van der Waals surface area contributed by atoms with Gasteiger partial charge in [-0.25, -0.2) is 0 Å². The lowest BCUT2D eigenvalue weighted by Gasteiger charge is -2.40. The molecule has 0 amide bonds. The van der Waals surface area contributed by atoms with Crippen LogP contribution in [0.5, 0.6) is 0 Å². The van der Waals surface area contributed by atoms with E-state index in [0.29, 0.717) is 24.2 Å². The predicted octanol–water partition coefficient (Wildman–Crippen LogP) is 2.60. The molecule has 5 atom stereocenters. The van der Waals surface area contributed by atoms with Crippen LogP contribution < -0.4 is 16.4 Å². The van der Waals surface area contributed by atoms with Crippen LogP contribution in [0.2, 0.25) is 0 Å². The molecule has 0 radical (unpaired) electrons. The van der Waals surface area contributed by atoms with Crippen molar-refractivity contribution in [2.45, 2.75) is 108 Å². The molecular weight excluding hydrogens is 354 g/mol. The average Bonchev–Trinajstić information content (AvgIpc) is 2.96. The van der Waals surface area contributed by atoms with Crippen LogP contribution >= 0.6 is 0 Å². The standard InChI is InChI=1S/C22H39N3O3/c1-21(2)16-6-5-11-22(12-10-16,19(26)15-8-9-17(14-15)25-21)24-13-4-3-7-18(23)20(27)28/h15-18,24-25H,3-14,23H2,1-2H3,(H,27,28)/t15-,16?,17+,18+,22?/m1/s1. The third-order valence-corrected chi connectivity index (χ3v) is 7.67. The number of Topliss-reactive ketones (excluding diaryl/α,β-unsaturated/α-hetero) is 1. The molecule has 28 heavy (non-hydrogen) atoms. The average molecular weight is 394 g/mol. The monoisotopic (exact) mass is 393 g/mol. The van der Waals surface area contributed by atoms with E-state index in [2.05, 4.69) is 24.5 Å². The largest absolute Gasteiger partial charge is 0.480 e. The van der Waals surface area contributed by atoms with Gasteiger partial charge in [0.15, 0.2) is 5.78 Å². The molecule has 160 valence electrons. The minimum absolute atomic E-state index is 0.128.